The molecule has 7 heavy (non-hydrogen) atoms. The molecule has 0 aromatic rings. The molecular formula is C6H14S. The average molecular weight is 118 g/mol. The topological polar surface area (TPSA) is 0 Å². The SMILES string of the molecule is C=S(=C)(C)C(C)C. The molecule has 0 atom stereocenters. The van der Waals surface area contributed by atoms with Gasteiger partial charge in [-0.3, -0.25) is 0 Å². The van der Waals surface area contributed by atoms with Crippen molar-refractivity contribution < 1.29 is 0 Å². The van der Waals surface area contributed by atoms with Crippen LogP contribution in [0.3, 0.4) is 0 Å². The molecule has 0 saturated carbocycles. The second kappa shape index (κ2) is 1.91. The van der Waals surface area contributed by atoms with Gasteiger partial charge in [-0.05, 0) is 11.5 Å². The summed E-state index contributed by atoms with van der Waals surface area (Å²) in [6, 6.07) is 0. The van der Waals surface area contributed by atoms with Crippen molar-refractivity contribution in [3.05, 3.63) is 0 Å². The molecule has 0 aromatic carbocycles. The van der Waals surface area contributed by atoms with E-state index in [0.717, 1.165) is 0 Å². The van der Waals surface area contributed by atoms with Crippen LogP contribution in [0.25, 0.3) is 0 Å². The minimum absolute atomic E-state index is 0.660. The van der Waals surface area contributed by atoms with E-state index in [1.165, 1.54) is 0 Å². The predicted molar refractivity (Wildman–Crippen MR) is 42.9 cm³/mol. The van der Waals surface area contributed by atoms with E-state index >= 15 is 0 Å². The fraction of sp³-hybridized carbons (Fsp3) is 0.667. The summed E-state index contributed by atoms with van der Waals surface area (Å²) in [5, 5.41) is 0.660. The van der Waals surface area contributed by atoms with E-state index in [9.17, 15) is 0 Å². The molecule has 0 amide bonds. The third-order valence-corrected chi connectivity index (χ3v) is 3.41. The second-order valence-corrected chi connectivity index (χ2v) is 6.04. The van der Waals surface area contributed by atoms with Crippen LogP contribution in [-0.2, 0) is 0 Å². The fourth-order valence-corrected chi connectivity index (χ4v) is 0. The molecule has 0 saturated heterocycles. The van der Waals surface area contributed by atoms with E-state index in [1.54, 1.807) is 0 Å². The summed E-state index contributed by atoms with van der Waals surface area (Å²) in [4.78, 5) is 0. The smallest absolute Gasteiger partial charge is 0.0114 e. The van der Waals surface area contributed by atoms with Gasteiger partial charge in [0.15, 0.2) is 0 Å². The Morgan fingerprint density at radius 1 is 1.29 bits per heavy atom. The molecule has 0 N–H and O–H groups in total. The van der Waals surface area contributed by atoms with Crippen LogP contribution in [0.1, 0.15) is 13.8 Å². The van der Waals surface area contributed by atoms with Gasteiger partial charge in [0.1, 0.15) is 0 Å². The van der Waals surface area contributed by atoms with Gasteiger partial charge in [-0.2, -0.15) is 0 Å². The first-order chi connectivity index (χ1) is 2.94. The van der Waals surface area contributed by atoms with Gasteiger partial charge in [0.2, 0.25) is 0 Å². The van der Waals surface area contributed by atoms with Crippen LogP contribution in [0.5, 0.6) is 0 Å². The van der Waals surface area contributed by atoms with Crippen molar-refractivity contribution >= 4 is 20.9 Å². The maximum atomic E-state index is 3.94. The summed E-state index contributed by atoms with van der Waals surface area (Å²) in [5.41, 5.74) is 0. The first-order valence-electron chi connectivity index (χ1n) is 2.38. The number of rotatable bonds is 1. The molecular weight excluding hydrogens is 104 g/mol. The van der Waals surface area contributed by atoms with Crippen molar-refractivity contribution in [2.24, 2.45) is 0 Å². The van der Waals surface area contributed by atoms with E-state index in [0.29, 0.717) is 5.25 Å². The van der Waals surface area contributed by atoms with Crippen LogP contribution in [-0.4, -0.2) is 23.2 Å². The maximum absolute atomic E-state index is 3.94. The molecule has 0 aliphatic carbocycles. The van der Waals surface area contributed by atoms with Crippen LogP contribution < -0.4 is 0 Å². The zero-order valence-corrected chi connectivity index (χ0v) is 6.22. The van der Waals surface area contributed by atoms with E-state index in [-0.39, 0.29) is 0 Å². The van der Waals surface area contributed by atoms with Gasteiger partial charge < -0.3 is 0 Å². The lowest BCUT2D eigenvalue weighted by molar-refractivity contribution is 1.11. The molecule has 0 aliphatic heterocycles. The number of hydrogen-bond donors (Lipinski definition) is 0. The number of hydrogen-bond acceptors (Lipinski definition) is 0. The van der Waals surface area contributed by atoms with Gasteiger partial charge in [0.25, 0.3) is 0 Å². The average Bonchev–Trinajstić information content (AvgIpc) is 1.31. The molecule has 0 heterocycles. The van der Waals surface area contributed by atoms with E-state index < -0.39 is 9.21 Å². The highest BCUT2D eigenvalue weighted by atomic mass is 32.2. The molecule has 0 aromatic heterocycles. The van der Waals surface area contributed by atoms with Crippen LogP contribution >= 0.6 is 9.21 Å². The summed E-state index contributed by atoms with van der Waals surface area (Å²) >= 11 is 0. The molecule has 0 fully saturated rings. The summed E-state index contributed by atoms with van der Waals surface area (Å²) in [6.07, 6.45) is 2.12. The van der Waals surface area contributed by atoms with Gasteiger partial charge >= 0.3 is 0 Å². The Kier molecular flexibility index (Phi) is 1.93. The molecule has 0 nitrogen and oxygen atoms in total. The van der Waals surface area contributed by atoms with Crippen molar-refractivity contribution in [2.75, 3.05) is 6.26 Å². The lowest BCUT2D eigenvalue weighted by Gasteiger charge is -2.10. The summed E-state index contributed by atoms with van der Waals surface area (Å²) in [7, 11) is -0.741. The first-order valence-corrected chi connectivity index (χ1v) is 4.82. The Balaban J connectivity index is 4.10. The zero-order chi connectivity index (χ0) is 6.08. The van der Waals surface area contributed by atoms with Gasteiger partial charge in [0.05, 0.1) is 0 Å². The summed E-state index contributed by atoms with van der Waals surface area (Å²) < 4.78 is 0. The molecule has 0 rings (SSSR count). The van der Waals surface area contributed by atoms with Crippen LogP contribution in [0.15, 0.2) is 0 Å². The highest BCUT2D eigenvalue weighted by molar-refractivity contribution is 8.27. The molecule has 1 heteroatoms. The van der Waals surface area contributed by atoms with Gasteiger partial charge in [-0.15, -0.1) is 0 Å². The molecule has 0 spiro atoms. The molecule has 44 valence electrons. The lowest BCUT2D eigenvalue weighted by atomic mass is 10.6. The Morgan fingerprint density at radius 3 is 1.43 bits per heavy atom. The third-order valence-electron chi connectivity index (χ3n) is 1.14. The minimum Gasteiger partial charge on any atom is -0.215 e. The zero-order valence-electron chi connectivity index (χ0n) is 5.40. The second-order valence-electron chi connectivity index (χ2n) is 2.40. The van der Waals surface area contributed by atoms with Crippen LogP contribution in [0, 0.1) is 0 Å². The largest absolute Gasteiger partial charge is 0.215 e. The third kappa shape index (κ3) is 2.75. The van der Waals surface area contributed by atoms with Crippen molar-refractivity contribution in [1.29, 1.82) is 0 Å². The fourth-order valence-electron chi connectivity index (χ4n) is 0. The molecule has 0 aliphatic rings. The van der Waals surface area contributed by atoms with Crippen LogP contribution in [0.2, 0.25) is 0 Å². The summed E-state index contributed by atoms with van der Waals surface area (Å²) in [5.74, 6) is 7.88. The van der Waals surface area contributed by atoms with Gasteiger partial charge in [-0.25, -0.2) is 9.21 Å². The molecule has 0 unspecified atom stereocenters. The van der Waals surface area contributed by atoms with Crippen molar-refractivity contribution in [3.8, 4) is 0 Å². The Bertz CT molecular complexity index is 126. The highest BCUT2D eigenvalue weighted by Crippen LogP contribution is 2.19. The highest BCUT2D eigenvalue weighted by Gasteiger charge is 1.91. The standard InChI is InChI=1S/C6H14S/c1-6(2)7(3,4)5/h6H,3-4H2,1-2,5H3. The summed E-state index contributed by atoms with van der Waals surface area (Å²) in [6.45, 7) is 4.32. The lowest BCUT2D eigenvalue weighted by Crippen LogP contribution is -1.91. The van der Waals surface area contributed by atoms with Gasteiger partial charge in [0, 0.05) is 0 Å². The molecule has 0 radical (unpaired) electrons. The minimum atomic E-state index is -0.741. The van der Waals surface area contributed by atoms with E-state index in [1.807, 2.05) is 0 Å². The quantitative estimate of drug-likeness (QED) is 0.460. The Hall–Kier alpha value is 0.0900. The van der Waals surface area contributed by atoms with Crippen molar-refractivity contribution in [3.63, 3.8) is 0 Å². The van der Waals surface area contributed by atoms with Crippen molar-refractivity contribution in [1.82, 2.24) is 0 Å². The molecule has 0 bridgehead atoms. The van der Waals surface area contributed by atoms with E-state index in [4.69, 9.17) is 0 Å². The maximum Gasteiger partial charge on any atom is -0.0114 e. The van der Waals surface area contributed by atoms with Crippen molar-refractivity contribution in [2.45, 2.75) is 19.1 Å². The Labute approximate surface area is 47.0 Å². The first kappa shape index (κ1) is 7.09. The van der Waals surface area contributed by atoms with Crippen LogP contribution in [0.4, 0.5) is 0 Å². The van der Waals surface area contributed by atoms with E-state index in [2.05, 4.69) is 31.8 Å². The Morgan fingerprint density at radius 2 is 1.43 bits per heavy atom. The van der Waals surface area contributed by atoms with Gasteiger partial charge in [-0.1, -0.05) is 25.6 Å². The normalized spacial score (nSPS) is 12.6. The predicted octanol–water partition coefficient (Wildman–Crippen LogP) is 1.69. The monoisotopic (exact) mass is 118 g/mol.